The molecule has 152 valence electrons. The Morgan fingerprint density at radius 1 is 1.17 bits per heavy atom. The van der Waals surface area contributed by atoms with E-state index >= 15 is 0 Å². The molecule has 0 unspecified atom stereocenters. The van der Waals surface area contributed by atoms with Crippen molar-refractivity contribution in [3.63, 3.8) is 0 Å². The van der Waals surface area contributed by atoms with E-state index in [1.807, 2.05) is 29.5 Å². The van der Waals surface area contributed by atoms with Crippen molar-refractivity contribution in [3.05, 3.63) is 62.7 Å². The third kappa shape index (κ3) is 4.74. The highest BCUT2D eigenvalue weighted by atomic mass is 32.1. The summed E-state index contributed by atoms with van der Waals surface area (Å²) in [5.41, 5.74) is 0.505. The Morgan fingerprint density at radius 2 is 1.93 bits per heavy atom. The number of likely N-dealkylation sites (tertiary alicyclic amines) is 1. The number of hydrogen-bond acceptors (Lipinski definition) is 5. The lowest BCUT2D eigenvalue weighted by atomic mass is 9.96. The van der Waals surface area contributed by atoms with Crippen molar-refractivity contribution in [2.24, 2.45) is 13.0 Å². The molecule has 3 aromatic rings. The summed E-state index contributed by atoms with van der Waals surface area (Å²) in [7, 11) is 1.63. The molecule has 0 bridgehead atoms. The lowest BCUT2D eigenvalue weighted by Gasteiger charge is -2.31. The summed E-state index contributed by atoms with van der Waals surface area (Å²) in [6, 6.07) is 11.6. The number of nitrogens with one attached hydrogen (secondary N) is 1. The molecule has 0 aliphatic carbocycles. The second kappa shape index (κ2) is 8.88. The third-order valence-corrected chi connectivity index (χ3v) is 6.48. The Bertz CT molecular complexity index is 1040. The van der Waals surface area contributed by atoms with Crippen LogP contribution >= 0.6 is 11.3 Å². The van der Waals surface area contributed by atoms with Gasteiger partial charge in [-0.2, -0.15) is 5.10 Å². The first-order valence-electron chi connectivity index (χ1n) is 10.1. The molecule has 0 radical (unpaired) electrons. The maximum absolute atomic E-state index is 12.5. The smallest absolute Gasteiger partial charge is 0.274 e. The zero-order valence-corrected chi connectivity index (χ0v) is 17.5. The number of aryl methyl sites for hydroxylation is 1. The molecular weight excluding hydrogens is 384 g/mol. The highest BCUT2D eigenvalue weighted by molar-refractivity contribution is 7.09. The standard InChI is InChI=1S/C22H26N4O2S/c1-25-22(28)19-7-3-2-6-18(19)20(24-25)13-21(27)23-14-16-8-10-26(11-9-16)15-17-5-4-12-29-17/h2-7,12,16H,8-11,13-15H2,1H3,(H,23,27). The number of hydrogen-bond donors (Lipinski definition) is 1. The van der Waals surface area contributed by atoms with Gasteiger partial charge in [-0.15, -0.1) is 11.3 Å². The Kier molecular flexibility index (Phi) is 6.06. The summed E-state index contributed by atoms with van der Waals surface area (Å²) in [6.45, 7) is 3.88. The fourth-order valence-corrected chi connectivity index (χ4v) is 4.70. The van der Waals surface area contributed by atoms with Crippen LogP contribution in [0.2, 0.25) is 0 Å². The van der Waals surface area contributed by atoms with Crippen molar-refractivity contribution in [1.82, 2.24) is 20.0 Å². The maximum Gasteiger partial charge on any atom is 0.274 e. The van der Waals surface area contributed by atoms with E-state index in [2.05, 4.69) is 32.8 Å². The van der Waals surface area contributed by atoms with Crippen LogP contribution < -0.4 is 10.9 Å². The number of fused-ring (bicyclic) bond motifs is 1. The molecule has 3 heterocycles. The SMILES string of the molecule is Cn1nc(CC(=O)NCC2CCN(Cc3cccs3)CC2)c2ccccc2c1=O. The minimum atomic E-state index is -0.140. The average Bonchev–Trinajstić information content (AvgIpc) is 3.24. The number of rotatable bonds is 6. The van der Waals surface area contributed by atoms with Crippen molar-refractivity contribution in [2.75, 3.05) is 19.6 Å². The molecule has 29 heavy (non-hydrogen) atoms. The fraction of sp³-hybridized carbons (Fsp3) is 0.409. The van der Waals surface area contributed by atoms with Gasteiger partial charge in [0, 0.05) is 30.4 Å². The number of aromatic nitrogens is 2. The Balaban J connectivity index is 1.30. The van der Waals surface area contributed by atoms with E-state index in [-0.39, 0.29) is 17.9 Å². The number of piperidine rings is 1. The molecule has 1 aliphatic heterocycles. The predicted octanol–water partition coefficient (Wildman–Crippen LogP) is 2.57. The second-order valence-corrected chi connectivity index (χ2v) is 8.73. The van der Waals surface area contributed by atoms with E-state index < -0.39 is 0 Å². The summed E-state index contributed by atoms with van der Waals surface area (Å²) >= 11 is 1.81. The molecular formula is C22H26N4O2S. The quantitative estimate of drug-likeness (QED) is 0.678. The maximum atomic E-state index is 12.5. The second-order valence-electron chi connectivity index (χ2n) is 7.70. The summed E-state index contributed by atoms with van der Waals surface area (Å²) in [5, 5.41) is 10.9. The number of benzene rings is 1. The summed E-state index contributed by atoms with van der Waals surface area (Å²) in [6.07, 6.45) is 2.39. The minimum Gasteiger partial charge on any atom is -0.355 e. The van der Waals surface area contributed by atoms with Crippen molar-refractivity contribution < 1.29 is 4.79 Å². The van der Waals surface area contributed by atoms with E-state index in [1.165, 1.54) is 9.56 Å². The highest BCUT2D eigenvalue weighted by Crippen LogP contribution is 2.20. The Morgan fingerprint density at radius 3 is 2.66 bits per heavy atom. The van der Waals surface area contributed by atoms with Gasteiger partial charge >= 0.3 is 0 Å². The molecule has 1 saturated heterocycles. The predicted molar refractivity (Wildman–Crippen MR) is 116 cm³/mol. The molecule has 4 rings (SSSR count). The van der Waals surface area contributed by atoms with Crippen molar-refractivity contribution in [3.8, 4) is 0 Å². The van der Waals surface area contributed by atoms with E-state index in [0.717, 1.165) is 37.9 Å². The molecule has 0 saturated carbocycles. The van der Waals surface area contributed by atoms with Gasteiger partial charge in [0.05, 0.1) is 17.5 Å². The number of carbonyl (C=O) groups excluding carboxylic acids is 1. The number of thiophene rings is 1. The molecule has 1 aliphatic rings. The first-order chi connectivity index (χ1) is 14.1. The van der Waals surface area contributed by atoms with Crippen molar-refractivity contribution in [1.29, 1.82) is 0 Å². The average molecular weight is 411 g/mol. The highest BCUT2D eigenvalue weighted by Gasteiger charge is 2.20. The van der Waals surface area contributed by atoms with Crippen molar-refractivity contribution >= 4 is 28.0 Å². The van der Waals surface area contributed by atoms with E-state index in [1.54, 1.807) is 13.1 Å². The van der Waals surface area contributed by atoms with E-state index in [4.69, 9.17) is 0 Å². The zero-order chi connectivity index (χ0) is 20.2. The Hall–Kier alpha value is -2.51. The van der Waals surface area contributed by atoms with Crippen LogP contribution in [0.25, 0.3) is 10.8 Å². The molecule has 0 atom stereocenters. The van der Waals surface area contributed by atoms with Crippen LogP contribution in [0.3, 0.4) is 0 Å². The van der Waals surface area contributed by atoms with Crippen LogP contribution in [0.4, 0.5) is 0 Å². The first-order valence-corrected chi connectivity index (χ1v) is 10.9. The monoisotopic (exact) mass is 410 g/mol. The third-order valence-electron chi connectivity index (χ3n) is 5.62. The van der Waals surface area contributed by atoms with Crippen molar-refractivity contribution in [2.45, 2.75) is 25.8 Å². The van der Waals surface area contributed by atoms with Gasteiger partial charge in [-0.1, -0.05) is 24.3 Å². The van der Waals surface area contributed by atoms with E-state index in [9.17, 15) is 9.59 Å². The van der Waals surface area contributed by atoms with Gasteiger partial charge in [-0.05, 0) is 49.4 Å². The minimum absolute atomic E-state index is 0.0395. The largest absolute Gasteiger partial charge is 0.355 e. The number of amides is 1. The molecule has 1 N–H and O–H groups in total. The normalized spacial score (nSPS) is 15.6. The van der Waals surface area contributed by atoms with Gasteiger partial charge in [-0.25, -0.2) is 4.68 Å². The van der Waals surface area contributed by atoms with Crippen LogP contribution in [0.1, 0.15) is 23.4 Å². The fourth-order valence-electron chi connectivity index (χ4n) is 3.95. The summed E-state index contributed by atoms with van der Waals surface area (Å²) in [5.74, 6) is 0.477. The molecule has 1 fully saturated rings. The molecule has 0 spiro atoms. The van der Waals surface area contributed by atoms with E-state index in [0.29, 0.717) is 23.5 Å². The number of nitrogens with zero attached hydrogens (tertiary/aromatic N) is 3. The van der Waals surface area contributed by atoms with Crippen LogP contribution in [0.5, 0.6) is 0 Å². The van der Waals surface area contributed by atoms with Crippen LogP contribution in [0.15, 0.2) is 46.6 Å². The first kappa shape index (κ1) is 19.8. The molecule has 7 heteroatoms. The zero-order valence-electron chi connectivity index (χ0n) is 16.6. The van der Waals surface area contributed by atoms with Gasteiger partial charge in [-0.3, -0.25) is 14.5 Å². The van der Waals surface area contributed by atoms with Gasteiger partial charge in [0.15, 0.2) is 0 Å². The van der Waals surface area contributed by atoms with Gasteiger partial charge in [0.1, 0.15) is 0 Å². The van der Waals surface area contributed by atoms with Gasteiger partial charge in [0.25, 0.3) is 5.56 Å². The molecule has 1 amide bonds. The topological polar surface area (TPSA) is 67.2 Å². The molecule has 1 aromatic carbocycles. The van der Waals surface area contributed by atoms with Gasteiger partial charge in [0.2, 0.25) is 5.91 Å². The van der Waals surface area contributed by atoms with Crippen LogP contribution in [-0.4, -0.2) is 40.2 Å². The Labute approximate surface area is 174 Å². The number of carbonyl (C=O) groups is 1. The summed E-state index contributed by atoms with van der Waals surface area (Å²) < 4.78 is 1.31. The lowest BCUT2D eigenvalue weighted by molar-refractivity contribution is -0.120. The molecule has 2 aromatic heterocycles. The summed E-state index contributed by atoms with van der Waals surface area (Å²) in [4.78, 5) is 28.6. The van der Waals surface area contributed by atoms with Crippen LogP contribution in [0, 0.1) is 5.92 Å². The van der Waals surface area contributed by atoms with Gasteiger partial charge < -0.3 is 5.32 Å². The lowest BCUT2D eigenvalue weighted by Crippen LogP contribution is -2.38. The molecule has 6 nitrogen and oxygen atoms in total. The van der Waals surface area contributed by atoms with Crippen LogP contribution in [-0.2, 0) is 24.8 Å².